The van der Waals surface area contributed by atoms with Crippen LogP contribution in [0.5, 0.6) is 0 Å². The van der Waals surface area contributed by atoms with Crippen molar-refractivity contribution in [3.8, 4) is 0 Å². The molecule has 0 aliphatic heterocycles. The lowest BCUT2D eigenvalue weighted by atomic mass is 10.1. The molecule has 0 aromatic heterocycles. The van der Waals surface area contributed by atoms with Gasteiger partial charge in [0.15, 0.2) is 0 Å². The van der Waals surface area contributed by atoms with E-state index in [-0.39, 0.29) is 17.8 Å². The van der Waals surface area contributed by atoms with E-state index in [2.05, 4.69) is 5.32 Å². The van der Waals surface area contributed by atoms with E-state index in [1.807, 2.05) is 0 Å². The van der Waals surface area contributed by atoms with E-state index in [0.717, 1.165) is 10.6 Å². The molecule has 0 fully saturated rings. The molecule has 0 aliphatic carbocycles. The van der Waals surface area contributed by atoms with Gasteiger partial charge in [0.1, 0.15) is 6.04 Å². The lowest BCUT2D eigenvalue weighted by molar-refractivity contribution is -0.384. The highest BCUT2D eigenvalue weighted by Crippen LogP contribution is 2.25. The van der Waals surface area contributed by atoms with Gasteiger partial charge in [-0.3, -0.25) is 19.2 Å². The molecule has 0 unspecified atom stereocenters. The summed E-state index contributed by atoms with van der Waals surface area (Å²) in [5.41, 5.74) is 0.318. The van der Waals surface area contributed by atoms with E-state index in [1.54, 1.807) is 6.92 Å². The molecule has 0 spiro atoms. The van der Waals surface area contributed by atoms with Gasteiger partial charge in [0, 0.05) is 22.8 Å². The fourth-order valence-electron chi connectivity index (χ4n) is 2.57. The number of carbonyl (C=O) groups excluding carboxylic acids is 1. The molecule has 0 heterocycles. The average Bonchev–Trinajstić information content (AvgIpc) is 2.59. The molecule has 0 aliphatic rings. The van der Waals surface area contributed by atoms with Gasteiger partial charge in [0.2, 0.25) is 15.9 Å². The molecule has 8 nitrogen and oxygen atoms in total. The Morgan fingerprint density at radius 2 is 1.89 bits per heavy atom. The van der Waals surface area contributed by atoms with Crippen LogP contribution in [0.2, 0.25) is 5.02 Å². The molecule has 2 aromatic rings. The van der Waals surface area contributed by atoms with E-state index in [9.17, 15) is 23.3 Å². The number of anilines is 2. The van der Waals surface area contributed by atoms with Crippen LogP contribution in [0.4, 0.5) is 17.1 Å². The summed E-state index contributed by atoms with van der Waals surface area (Å²) in [7, 11) is -3.78. The Morgan fingerprint density at radius 1 is 1.26 bits per heavy atom. The van der Waals surface area contributed by atoms with Gasteiger partial charge in [-0.2, -0.15) is 0 Å². The van der Waals surface area contributed by atoms with Crippen molar-refractivity contribution in [3.05, 3.63) is 63.7 Å². The molecule has 144 valence electrons. The molecule has 1 amide bonds. The highest BCUT2D eigenvalue weighted by Gasteiger charge is 2.31. The standard InChI is InChI=1S/C17H18ClN3O5S/c1-3-16(17(22)19-13-5-4-6-15(11-13)21(23)24)20(27(2,25)26)14-9-7-12(18)8-10-14/h4-11,16H,3H2,1-2H3,(H,19,22)/t16-/m1/s1. The zero-order valence-corrected chi connectivity index (χ0v) is 16.2. The van der Waals surface area contributed by atoms with E-state index in [1.165, 1.54) is 48.5 Å². The second-order valence-electron chi connectivity index (χ2n) is 5.76. The SMILES string of the molecule is CC[C@H](C(=O)Nc1cccc([N+](=O)[O-])c1)N(c1ccc(Cl)cc1)S(C)(=O)=O. The summed E-state index contributed by atoms with van der Waals surface area (Å²) in [6, 6.07) is 10.5. The molecule has 2 aromatic carbocycles. The number of nitrogens with one attached hydrogen (secondary N) is 1. The van der Waals surface area contributed by atoms with Crippen molar-refractivity contribution in [1.82, 2.24) is 0 Å². The highest BCUT2D eigenvalue weighted by molar-refractivity contribution is 7.92. The average molecular weight is 412 g/mol. The lowest BCUT2D eigenvalue weighted by Crippen LogP contribution is -2.47. The summed E-state index contributed by atoms with van der Waals surface area (Å²) in [6.07, 6.45) is 1.20. The van der Waals surface area contributed by atoms with Crippen molar-refractivity contribution in [2.75, 3.05) is 15.9 Å². The minimum absolute atomic E-state index is 0.182. The number of hydrogen-bond donors (Lipinski definition) is 1. The molecule has 1 atom stereocenters. The Balaban J connectivity index is 2.36. The van der Waals surface area contributed by atoms with Crippen LogP contribution in [0.1, 0.15) is 13.3 Å². The number of non-ortho nitro benzene ring substituents is 1. The second-order valence-corrected chi connectivity index (χ2v) is 8.05. The second kappa shape index (κ2) is 8.36. The number of amides is 1. The van der Waals surface area contributed by atoms with E-state index in [0.29, 0.717) is 10.7 Å². The number of nitrogens with zero attached hydrogens (tertiary/aromatic N) is 2. The van der Waals surface area contributed by atoms with Crippen LogP contribution in [-0.4, -0.2) is 31.5 Å². The predicted molar refractivity (Wildman–Crippen MR) is 105 cm³/mol. The van der Waals surface area contributed by atoms with Crippen molar-refractivity contribution in [1.29, 1.82) is 0 Å². The molecule has 0 saturated heterocycles. The molecule has 27 heavy (non-hydrogen) atoms. The zero-order chi connectivity index (χ0) is 20.2. The third-order valence-electron chi connectivity index (χ3n) is 3.74. The monoisotopic (exact) mass is 411 g/mol. The molecule has 2 rings (SSSR count). The smallest absolute Gasteiger partial charge is 0.271 e. The summed E-state index contributed by atoms with van der Waals surface area (Å²) in [6.45, 7) is 1.67. The number of halogens is 1. The first-order valence-electron chi connectivity index (χ1n) is 7.93. The first-order valence-corrected chi connectivity index (χ1v) is 10.2. The molecule has 10 heteroatoms. The molecule has 0 saturated carbocycles. The quantitative estimate of drug-likeness (QED) is 0.554. The summed E-state index contributed by atoms with van der Waals surface area (Å²) < 4.78 is 25.7. The molecule has 0 radical (unpaired) electrons. The van der Waals surface area contributed by atoms with Crippen molar-refractivity contribution in [2.45, 2.75) is 19.4 Å². The minimum atomic E-state index is -3.78. The van der Waals surface area contributed by atoms with Gasteiger partial charge in [0.05, 0.1) is 16.9 Å². The van der Waals surface area contributed by atoms with Gasteiger partial charge in [0.25, 0.3) is 5.69 Å². The van der Waals surface area contributed by atoms with Gasteiger partial charge in [-0.25, -0.2) is 8.42 Å². The number of nitro groups is 1. The summed E-state index contributed by atoms with van der Waals surface area (Å²) in [5.74, 6) is -0.599. The number of benzene rings is 2. The van der Waals surface area contributed by atoms with Crippen LogP contribution in [-0.2, 0) is 14.8 Å². The van der Waals surface area contributed by atoms with Gasteiger partial charge in [-0.15, -0.1) is 0 Å². The maximum atomic E-state index is 12.7. The van der Waals surface area contributed by atoms with Gasteiger partial charge in [-0.05, 0) is 36.8 Å². The number of sulfonamides is 1. The van der Waals surface area contributed by atoms with Crippen LogP contribution in [0.15, 0.2) is 48.5 Å². The Kier molecular flexibility index (Phi) is 6.40. The summed E-state index contributed by atoms with van der Waals surface area (Å²) in [5, 5.41) is 13.9. The Morgan fingerprint density at radius 3 is 2.41 bits per heavy atom. The van der Waals surface area contributed by atoms with Crippen LogP contribution in [0.25, 0.3) is 0 Å². The number of carbonyl (C=O) groups is 1. The van der Waals surface area contributed by atoms with Crippen LogP contribution < -0.4 is 9.62 Å². The van der Waals surface area contributed by atoms with E-state index < -0.39 is 26.9 Å². The molecular weight excluding hydrogens is 394 g/mol. The van der Waals surface area contributed by atoms with Gasteiger partial charge in [-0.1, -0.05) is 24.6 Å². The summed E-state index contributed by atoms with van der Waals surface area (Å²) >= 11 is 5.85. The third-order valence-corrected chi connectivity index (χ3v) is 5.17. The van der Waals surface area contributed by atoms with E-state index >= 15 is 0 Å². The molecule has 1 N–H and O–H groups in total. The fourth-order valence-corrected chi connectivity index (χ4v) is 3.91. The lowest BCUT2D eigenvalue weighted by Gasteiger charge is -2.30. The van der Waals surface area contributed by atoms with Gasteiger partial charge < -0.3 is 5.32 Å². The molecule has 0 bridgehead atoms. The van der Waals surface area contributed by atoms with Gasteiger partial charge >= 0.3 is 0 Å². The Hall–Kier alpha value is -2.65. The fraction of sp³-hybridized carbons (Fsp3) is 0.235. The Bertz CT molecular complexity index is 947. The minimum Gasteiger partial charge on any atom is -0.324 e. The predicted octanol–water partition coefficient (Wildman–Crippen LogP) is 3.43. The van der Waals surface area contributed by atoms with E-state index in [4.69, 9.17) is 11.6 Å². The maximum absolute atomic E-state index is 12.7. The van der Waals surface area contributed by atoms with Crippen LogP contribution >= 0.6 is 11.6 Å². The third kappa shape index (κ3) is 5.18. The Labute approximate surface area is 162 Å². The molecular formula is C17H18ClN3O5S. The number of nitro benzene ring substituents is 1. The van der Waals surface area contributed by atoms with Crippen LogP contribution in [0, 0.1) is 10.1 Å². The van der Waals surface area contributed by atoms with Crippen molar-refractivity contribution < 1.29 is 18.1 Å². The first kappa shape index (κ1) is 20.7. The first-order chi connectivity index (χ1) is 12.6. The maximum Gasteiger partial charge on any atom is 0.271 e. The zero-order valence-electron chi connectivity index (χ0n) is 14.6. The largest absolute Gasteiger partial charge is 0.324 e. The number of hydrogen-bond acceptors (Lipinski definition) is 5. The van der Waals surface area contributed by atoms with Crippen molar-refractivity contribution in [3.63, 3.8) is 0 Å². The van der Waals surface area contributed by atoms with Crippen LogP contribution in [0.3, 0.4) is 0 Å². The normalized spacial score (nSPS) is 12.3. The summed E-state index contributed by atoms with van der Waals surface area (Å²) in [4.78, 5) is 23.0. The topological polar surface area (TPSA) is 110 Å². The number of rotatable bonds is 7. The van der Waals surface area contributed by atoms with Crippen molar-refractivity contribution >= 4 is 44.6 Å². The highest BCUT2D eigenvalue weighted by atomic mass is 35.5. The van der Waals surface area contributed by atoms with Crippen molar-refractivity contribution in [2.24, 2.45) is 0 Å².